The second-order valence-corrected chi connectivity index (χ2v) is 10.2. The molecule has 0 N–H and O–H groups in total. The lowest BCUT2D eigenvalue weighted by Crippen LogP contribution is -2.29. The monoisotopic (exact) mass is 404 g/mol. The predicted molar refractivity (Wildman–Crippen MR) is 124 cm³/mol. The minimum absolute atomic E-state index is 0.0471. The van der Waals surface area contributed by atoms with Crippen LogP contribution in [-0.2, 0) is 0 Å². The topological polar surface area (TPSA) is 0 Å². The van der Waals surface area contributed by atoms with Crippen molar-refractivity contribution in [3.8, 4) is 0 Å². The third kappa shape index (κ3) is 12.4. The van der Waals surface area contributed by atoms with Crippen molar-refractivity contribution in [2.75, 3.05) is 0 Å². The van der Waals surface area contributed by atoms with Crippen LogP contribution < -0.4 is 0 Å². The Balaban J connectivity index is 0. The summed E-state index contributed by atoms with van der Waals surface area (Å²) >= 11 is 0. The Labute approximate surface area is 177 Å². The Morgan fingerprint density at radius 3 is 1.82 bits per heavy atom. The van der Waals surface area contributed by atoms with E-state index in [0.29, 0.717) is 12.3 Å². The summed E-state index contributed by atoms with van der Waals surface area (Å²) in [6, 6.07) is 0. The van der Waals surface area contributed by atoms with Gasteiger partial charge in [0, 0.05) is 12.3 Å². The summed E-state index contributed by atoms with van der Waals surface area (Å²) in [4.78, 5) is 0. The van der Waals surface area contributed by atoms with Gasteiger partial charge in [0.2, 0.25) is 0 Å². The van der Waals surface area contributed by atoms with Gasteiger partial charge in [0.15, 0.2) is 0 Å². The van der Waals surface area contributed by atoms with Crippen molar-refractivity contribution in [2.24, 2.45) is 28.6 Å². The Hall–Kier alpha value is -0.140. The highest BCUT2D eigenvalue weighted by Gasteiger charge is 2.45. The Morgan fingerprint density at radius 2 is 1.43 bits per heavy atom. The van der Waals surface area contributed by atoms with E-state index >= 15 is 0 Å². The molecular formula is C26H54F2. The largest absolute Gasteiger partial charge is 0.251 e. The summed E-state index contributed by atoms with van der Waals surface area (Å²) < 4.78 is 27.1. The average Bonchev–Trinajstić information content (AvgIpc) is 3.36. The van der Waals surface area contributed by atoms with Crippen LogP contribution in [0.4, 0.5) is 8.78 Å². The summed E-state index contributed by atoms with van der Waals surface area (Å²) in [5.41, 5.74) is 0.632. The van der Waals surface area contributed by atoms with Crippen molar-refractivity contribution in [2.45, 2.75) is 140 Å². The van der Waals surface area contributed by atoms with Gasteiger partial charge in [-0.3, -0.25) is 0 Å². The van der Waals surface area contributed by atoms with Gasteiger partial charge >= 0.3 is 0 Å². The minimum atomic E-state index is -2.46. The van der Waals surface area contributed by atoms with Crippen LogP contribution >= 0.6 is 0 Å². The Bertz CT molecular complexity index is 367. The molecule has 0 bridgehead atoms. The quantitative estimate of drug-likeness (QED) is 0.400. The molecule has 2 heteroatoms. The highest BCUT2D eigenvalue weighted by Crippen LogP contribution is 2.53. The lowest BCUT2D eigenvalue weighted by Gasteiger charge is -2.28. The zero-order chi connectivity index (χ0) is 22.6. The van der Waals surface area contributed by atoms with Gasteiger partial charge in [0.1, 0.15) is 0 Å². The van der Waals surface area contributed by atoms with Gasteiger partial charge in [-0.15, -0.1) is 0 Å². The van der Waals surface area contributed by atoms with E-state index in [-0.39, 0.29) is 11.8 Å². The molecule has 0 spiro atoms. The highest BCUT2D eigenvalue weighted by atomic mass is 19.3. The van der Waals surface area contributed by atoms with E-state index in [9.17, 15) is 8.78 Å². The maximum Gasteiger partial charge on any atom is 0.251 e. The lowest BCUT2D eigenvalue weighted by atomic mass is 9.81. The lowest BCUT2D eigenvalue weighted by molar-refractivity contribution is -0.0767. The van der Waals surface area contributed by atoms with Crippen LogP contribution in [0.3, 0.4) is 0 Å². The summed E-state index contributed by atoms with van der Waals surface area (Å²) in [7, 11) is 0. The van der Waals surface area contributed by atoms with Gasteiger partial charge in [0.05, 0.1) is 0 Å². The molecule has 0 saturated heterocycles. The molecule has 0 radical (unpaired) electrons. The van der Waals surface area contributed by atoms with Crippen molar-refractivity contribution in [1.82, 2.24) is 0 Å². The summed E-state index contributed by atoms with van der Waals surface area (Å²) in [6.45, 7) is 22.7. The van der Waals surface area contributed by atoms with Crippen LogP contribution in [0.5, 0.6) is 0 Å². The normalized spacial score (nSPS) is 26.4. The zero-order valence-corrected chi connectivity index (χ0v) is 21.4. The van der Waals surface area contributed by atoms with Crippen LogP contribution in [0, 0.1) is 28.6 Å². The van der Waals surface area contributed by atoms with Gasteiger partial charge in [-0.25, -0.2) is 8.78 Å². The highest BCUT2D eigenvalue weighted by molar-refractivity contribution is 4.92. The Morgan fingerprint density at radius 1 is 0.929 bits per heavy atom. The molecule has 0 aromatic rings. The molecule has 2 aliphatic carbocycles. The van der Waals surface area contributed by atoms with E-state index in [2.05, 4.69) is 27.7 Å². The molecule has 2 atom stereocenters. The zero-order valence-electron chi connectivity index (χ0n) is 21.4. The van der Waals surface area contributed by atoms with E-state index in [4.69, 9.17) is 0 Å². The molecule has 2 saturated carbocycles. The minimum Gasteiger partial charge on any atom is -0.207 e. The van der Waals surface area contributed by atoms with Gasteiger partial charge in [0.25, 0.3) is 5.92 Å². The van der Waals surface area contributed by atoms with Gasteiger partial charge in [-0.2, -0.15) is 0 Å². The number of rotatable bonds is 5. The molecule has 2 fully saturated rings. The van der Waals surface area contributed by atoms with Gasteiger partial charge in [-0.1, -0.05) is 89.0 Å². The number of halogens is 2. The molecule has 0 heterocycles. The molecule has 0 aromatic carbocycles. The van der Waals surface area contributed by atoms with E-state index in [0.717, 1.165) is 17.8 Å². The molecule has 0 amide bonds. The smallest absolute Gasteiger partial charge is 0.207 e. The van der Waals surface area contributed by atoms with Crippen LogP contribution in [0.25, 0.3) is 0 Å². The SMILES string of the molecule is CC.CC.CC1CC(C)C(F)(F)CC(C)(C)C1.CCCC1(CCC(C)C)CC1. The fourth-order valence-electron chi connectivity index (χ4n) is 4.61. The molecule has 2 aliphatic rings. The third-order valence-electron chi connectivity index (χ3n) is 6.08. The van der Waals surface area contributed by atoms with Crippen LogP contribution in [0.15, 0.2) is 0 Å². The van der Waals surface area contributed by atoms with Crippen molar-refractivity contribution in [3.05, 3.63) is 0 Å². The molecule has 2 unspecified atom stereocenters. The van der Waals surface area contributed by atoms with E-state index < -0.39 is 11.8 Å². The predicted octanol–water partition coefficient (Wildman–Crippen LogP) is 10.2. The first-order chi connectivity index (χ1) is 12.9. The van der Waals surface area contributed by atoms with Crippen LogP contribution in [0.2, 0.25) is 0 Å². The molecule has 2 rings (SSSR count). The number of hydrogen-bond acceptors (Lipinski definition) is 0. The van der Waals surface area contributed by atoms with Crippen molar-refractivity contribution in [3.63, 3.8) is 0 Å². The first-order valence-electron chi connectivity index (χ1n) is 12.3. The summed E-state index contributed by atoms with van der Waals surface area (Å²) in [5, 5.41) is 0. The standard InChI is InChI=1S/C11H20F2.C11H22.2C2H6/c1-8-5-9(2)11(12,13)7-10(3,4)6-8;1-4-6-11(8-9-11)7-5-10(2)3;2*1-2/h8-9H,5-7H2,1-4H3;10H,4-9H2,1-3H3;2*1-2H3. The van der Waals surface area contributed by atoms with E-state index in [1.165, 1.54) is 38.5 Å². The molecule has 172 valence electrons. The van der Waals surface area contributed by atoms with Crippen molar-refractivity contribution >= 4 is 0 Å². The molecule has 0 aromatic heterocycles. The number of hydrogen-bond donors (Lipinski definition) is 0. The first kappa shape index (κ1) is 30.1. The fourth-order valence-corrected chi connectivity index (χ4v) is 4.61. The van der Waals surface area contributed by atoms with Crippen LogP contribution in [-0.4, -0.2) is 5.92 Å². The summed E-state index contributed by atoms with van der Waals surface area (Å²) in [5.74, 6) is -1.58. The molecule has 28 heavy (non-hydrogen) atoms. The molecule has 0 nitrogen and oxygen atoms in total. The Kier molecular flexibility index (Phi) is 15.0. The molecule has 0 aliphatic heterocycles. The first-order valence-corrected chi connectivity index (χ1v) is 12.3. The fraction of sp³-hybridized carbons (Fsp3) is 1.00. The third-order valence-corrected chi connectivity index (χ3v) is 6.08. The van der Waals surface area contributed by atoms with Gasteiger partial charge in [-0.05, 0) is 61.2 Å². The van der Waals surface area contributed by atoms with Crippen molar-refractivity contribution < 1.29 is 8.78 Å². The van der Waals surface area contributed by atoms with Gasteiger partial charge < -0.3 is 0 Å². The molecular weight excluding hydrogens is 350 g/mol. The number of alkyl halides is 2. The van der Waals surface area contributed by atoms with E-state index in [1.807, 2.05) is 41.5 Å². The second kappa shape index (κ2) is 14.0. The van der Waals surface area contributed by atoms with Crippen molar-refractivity contribution in [1.29, 1.82) is 0 Å². The summed E-state index contributed by atoms with van der Waals surface area (Å²) in [6.07, 6.45) is 10.5. The maximum absolute atomic E-state index is 13.5. The van der Waals surface area contributed by atoms with E-state index in [1.54, 1.807) is 6.92 Å². The maximum atomic E-state index is 13.5. The average molecular weight is 405 g/mol. The second-order valence-electron chi connectivity index (χ2n) is 10.2. The van der Waals surface area contributed by atoms with Crippen LogP contribution in [0.1, 0.15) is 134 Å².